The van der Waals surface area contributed by atoms with Crippen molar-refractivity contribution in [1.82, 2.24) is 9.97 Å². The summed E-state index contributed by atoms with van der Waals surface area (Å²) in [6.07, 6.45) is 3.62. The Morgan fingerprint density at radius 2 is 0.917 bits per heavy atom. The molecule has 0 aliphatic rings. The maximum Gasteiger partial charge on any atom is 0.179 e. The van der Waals surface area contributed by atoms with E-state index in [4.69, 9.17) is 8.83 Å². The van der Waals surface area contributed by atoms with E-state index in [0.717, 1.165) is 77.2 Å². The van der Waals surface area contributed by atoms with Crippen LogP contribution in [0.25, 0.3) is 77.2 Å². The fourth-order valence-electron chi connectivity index (χ4n) is 5.35. The van der Waals surface area contributed by atoms with E-state index in [1.54, 1.807) is 0 Å². The number of pyridine rings is 2. The zero-order valence-electron chi connectivity index (χ0n) is 19.1. The van der Waals surface area contributed by atoms with Crippen LogP contribution in [0.15, 0.2) is 118 Å². The second-order valence-electron chi connectivity index (χ2n) is 9.01. The Bertz CT molecular complexity index is 1940. The lowest BCUT2D eigenvalue weighted by Gasteiger charge is -2.03. The third-order valence-corrected chi connectivity index (χ3v) is 6.97. The Morgan fingerprint density at radius 1 is 0.444 bits per heavy atom. The molecule has 4 aromatic heterocycles. The SMILES string of the molecule is c1ccc(-c2ccc3c(c2)oc2c4oc5cc(-c6ccccn6)ccc5c4c4ccccc4c32)nc1. The van der Waals surface area contributed by atoms with E-state index in [9.17, 15) is 0 Å². The number of furan rings is 2. The van der Waals surface area contributed by atoms with Crippen molar-refractivity contribution in [2.75, 3.05) is 0 Å². The van der Waals surface area contributed by atoms with Crippen molar-refractivity contribution in [3.63, 3.8) is 0 Å². The fourth-order valence-corrected chi connectivity index (χ4v) is 5.35. The molecule has 0 spiro atoms. The minimum atomic E-state index is 0.771. The van der Waals surface area contributed by atoms with Crippen LogP contribution in [0.3, 0.4) is 0 Å². The quantitative estimate of drug-likeness (QED) is 0.258. The van der Waals surface area contributed by atoms with Crippen molar-refractivity contribution in [3.8, 4) is 22.5 Å². The molecule has 0 aliphatic heterocycles. The predicted octanol–water partition coefficient (Wildman–Crippen LogP) is 8.76. The van der Waals surface area contributed by atoms with Crippen LogP contribution < -0.4 is 0 Å². The zero-order chi connectivity index (χ0) is 23.6. The van der Waals surface area contributed by atoms with E-state index >= 15 is 0 Å². The number of benzene rings is 4. The summed E-state index contributed by atoms with van der Waals surface area (Å²) in [5.74, 6) is 0. The van der Waals surface area contributed by atoms with Gasteiger partial charge in [0.25, 0.3) is 0 Å². The fraction of sp³-hybridized carbons (Fsp3) is 0. The Labute approximate surface area is 205 Å². The molecule has 4 aromatic carbocycles. The van der Waals surface area contributed by atoms with Gasteiger partial charge in [0, 0.05) is 45.1 Å². The Morgan fingerprint density at radius 3 is 1.36 bits per heavy atom. The molecule has 0 saturated heterocycles. The second-order valence-corrected chi connectivity index (χ2v) is 9.01. The Kier molecular flexibility index (Phi) is 3.91. The summed E-state index contributed by atoms with van der Waals surface area (Å²) in [6, 6.07) is 33.0. The topological polar surface area (TPSA) is 52.1 Å². The summed E-state index contributed by atoms with van der Waals surface area (Å²) >= 11 is 0. The zero-order valence-corrected chi connectivity index (χ0v) is 19.1. The highest BCUT2D eigenvalue weighted by molar-refractivity contribution is 6.33. The lowest BCUT2D eigenvalue weighted by molar-refractivity contribution is 0.634. The number of nitrogens with zero attached hydrogens (tertiary/aromatic N) is 2. The molecule has 4 heterocycles. The molecule has 0 aliphatic carbocycles. The molecule has 0 unspecified atom stereocenters. The second kappa shape index (κ2) is 7.27. The maximum absolute atomic E-state index is 6.55. The minimum absolute atomic E-state index is 0.771. The van der Waals surface area contributed by atoms with Gasteiger partial charge < -0.3 is 8.83 Å². The highest BCUT2D eigenvalue weighted by Gasteiger charge is 2.21. The van der Waals surface area contributed by atoms with Crippen molar-refractivity contribution in [3.05, 3.63) is 109 Å². The minimum Gasteiger partial charge on any atom is -0.452 e. The maximum atomic E-state index is 6.55. The van der Waals surface area contributed by atoms with E-state index < -0.39 is 0 Å². The smallest absolute Gasteiger partial charge is 0.179 e. The molecule has 8 rings (SSSR count). The van der Waals surface area contributed by atoms with Gasteiger partial charge in [-0.15, -0.1) is 0 Å². The van der Waals surface area contributed by atoms with Crippen LogP contribution >= 0.6 is 0 Å². The van der Waals surface area contributed by atoms with Crippen LogP contribution in [0.4, 0.5) is 0 Å². The van der Waals surface area contributed by atoms with Crippen molar-refractivity contribution >= 4 is 54.6 Å². The van der Waals surface area contributed by atoms with Crippen LogP contribution in [0, 0.1) is 0 Å². The molecule has 36 heavy (non-hydrogen) atoms. The van der Waals surface area contributed by atoms with Crippen molar-refractivity contribution in [1.29, 1.82) is 0 Å². The molecule has 168 valence electrons. The highest BCUT2D eigenvalue weighted by atomic mass is 16.4. The van der Waals surface area contributed by atoms with Gasteiger partial charge in [-0.3, -0.25) is 9.97 Å². The Balaban J connectivity index is 1.48. The molecule has 0 saturated carbocycles. The van der Waals surface area contributed by atoms with E-state index in [1.165, 1.54) is 0 Å². The highest BCUT2D eigenvalue weighted by Crippen LogP contribution is 2.45. The summed E-state index contributed by atoms with van der Waals surface area (Å²) in [5, 5.41) is 6.59. The predicted molar refractivity (Wildman–Crippen MR) is 145 cm³/mol. The average Bonchev–Trinajstić information content (AvgIpc) is 3.52. The first-order chi connectivity index (χ1) is 17.8. The summed E-state index contributed by atoms with van der Waals surface area (Å²) in [7, 11) is 0. The largest absolute Gasteiger partial charge is 0.452 e. The monoisotopic (exact) mass is 462 g/mol. The molecule has 0 fully saturated rings. The molecule has 0 radical (unpaired) electrons. The van der Waals surface area contributed by atoms with Gasteiger partial charge >= 0.3 is 0 Å². The molecule has 0 amide bonds. The standard InChI is InChI=1S/C32H18N2O2/c1-2-8-22-21(7-1)29-23-13-11-19(25-9-3-5-15-33-25)17-27(23)35-31(29)32-30(22)24-14-12-20(18-28(24)36-32)26-10-4-6-16-34-26/h1-18H. The van der Waals surface area contributed by atoms with Gasteiger partial charge in [0.05, 0.1) is 11.4 Å². The van der Waals surface area contributed by atoms with Crippen LogP contribution in [-0.4, -0.2) is 9.97 Å². The van der Waals surface area contributed by atoms with Crippen molar-refractivity contribution < 1.29 is 8.83 Å². The average molecular weight is 463 g/mol. The van der Waals surface area contributed by atoms with Gasteiger partial charge in [-0.2, -0.15) is 0 Å². The van der Waals surface area contributed by atoms with Gasteiger partial charge in [0.1, 0.15) is 11.2 Å². The van der Waals surface area contributed by atoms with E-state index in [1.807, 2.05) is 48.8 Å². The van der Waals surface area contributed by atoms with Gasteiger partial charge in [-0.05, 0) is 59.3 Å². The summed E-state index contributed by atoms with van der Waals surface area (Å²) in [6.45, 7) is 0. The van der Waals surface area contributed by atoms with Crippen molar-refractivity contribution in [2.45, 2.75) is 0 Å². The number of fused-ring (bicyclic) bond motifs is 10. The first-order valence-corrected chi connectivity index (χ1v) is 11.9. The Hall–Kier alpha value is -4.96. The molecule has 8 aromatic rings. The summed E-state index contributed by atoms with van der Waals surface area (Å²) < 4.78 is 13.1. The van der Waals surface area contributed by atoms with Crippen LogP contribution in [0.5, 0.6) is 0 Å². The van der Waals surface area contributed by atoms with Crippen LogP contribution in [0.2, 0.25) is 0 Å². The van der Waals surface area contributed by atoms with Gasteiger partial charge in [-0.1, -0.05) is 48.5 Å². The van der Waals surface area contributed by atoms with Gasteiger partial charge in [-0.25, -0.2) is 0 Å². The van der Waals surface area contributed by atoms with Gasteiger partial charge in [0.2, 0.25) is 0 Å². The number of rotatable bonds is 2. The van der Waals surface area contributed by atoms with Gasteiger partial charge in [0.15, 0.2) is 11.2 Å². The first-order valence-electron chi connectivity index (χ1n) is 11.9. The lowest BCUT2D eigenvalue weighted by atomic mass is 9.98. The molecule has 0 bridgehead atoms. The third kappa shape index (κ3) is 2.70. The summed E-state index contributed by atoms with van der Waals surface area (Å²) in [5.41, 5.74) is 7.06. The number of hydrogen-bond donors (Lipinski definition) is 0. The van der Waals surface area contributed by atoms with E-state index in [0.29, 0.717) is 0 Å². The molecule has 0 atom stereocenters. The molecule has 4 nitrogen and oxygen atoms in total. The molecule has 0 N–H and O–H groups in total. The first kappa shape index (κ1) is 19.4. The van der Waals surface area contributed by atoms with E-state index in [2.05, 4.69) is 70.6 Å². The van der Waals surface area contributed by atoms with Crippen LogP contribution in [-0.2, 0) is 0 Å². The third-order valence-electron chi connectivity index (χ3n) is 6.97. The lowest BCUT2D eigenvalue weighted by Crippen LogP contribution is -1.81. The molecule has 4 heteroatoms. The van der Waals surface area contributed by atoms with Crippen molar-refractivity contribution in [2.24, 2.45) is 0 Å². The van der Waals surface area contributed by atoms with Crippen LogP contribution in [0.1, 0.15) is 0 Å². The molecular formula is C32H18N2O2. The normalized spacial score (nSPS) is 11.9. The van der Waals surface area contributed by atoms with E-state index in [-0.39, 0.29) is 0 Å². The summed E-state index contributed by atoms with van der Waals surface area (Å²) in [4.78, 5) is 9.01. The number of aromatic nitrogens is 2. The molecular weight excluding hydrogens is 444 g/mol. The number of hydrogen-bond acceptors (Lipinski definition) is 4.